The first kappa shape index (κ1) is 20.2. The Bertz CT molecular complexity index is 762. The highest BCUT2D eigenvalue weighted by molar-refractivity contribution is 5.98. The molecule has 2 aromatic rings. The summed E-state index contributed by atoms with van der Waals surface area (Å²) in [4.78, 5) is 28.4. The zero-order valence-electron chi connectivity index (χ0n) is 15.8. The van der Waals surface area contributed by atoms with E-state index in [0.717, 1.165) is 12.2 Å². The lowest BCUT2D eigenvalue weighted by Crippen LogP contribution is -2.33. The summed E-state index contributed by atoms with van der Waals surface area (Å²) < 4.78 is 10.6. The lowest BCUT2D eigenvalue weighted by Gasteiger charge is -2.11. The highest BCUT2D eigenvalue weighted by atomic mass is 16.5. The summed E-state index contributed by atoms with van der Waals surface area (Å²) >= 11 is 0. The van der Waals surface area contributed by atoms with Crippen molar-refractivity contribution in [2.45, 2.75) is 26.3 Å². The topological polar surface area (TPSA) is 89.6 Å². The molecule has 0 aliphatic rings. The van der Waals surface area contributed by atoms with E-state index < -0.39 is 0 Å². The third kappa shape index (κ3) is 6.29. The Hall–Kier alpha value is -3.09. The summed E-state index contributed by atoms with van der Waals surface area (Å²) in [6.07, 6.45) is 2.27. The van der Waals surface area contributed by atoms with Crippen molar-refractivity contribution in [3.8, 4) is 11.5 Å². The van der Waals surface area contributed by atoms with Crippen LogP contribution < -0.4 is 20.1 Å². The van der Waals surface area contributed by atoms with E-state index in [1.165, 1.54) is 12.3 Å². The fourth-order valence-corrected chi connectivity index (χ4v) is 2.20. The molecule has 0 aliphatic heterocycles. The number of carbonyl (C=O) groups excluding carboxylic acids is 2. The van der Waals surface area contributed by atoms with Crippen LogP contribution in [0.5, 0.6) is 11.5 Å². The van der Waals surface area contributed by atoms with E-state index >= 15 is 0 Å². The summed E-state index contributed by atoms with van der Waals surface area (Å²) in [6.45, 7) is 4.56. The molecule has 1 aromatic heterocycles. The van der Waals surface area contributed by atoms with Gasteiger partial charge in [-0.1, -0.05) is 6.92 Å². The van der Waals surface area contributed by atoms with Crippen molar-refractivity contribution in [1.82, 2.24) is 15.6 Å². The molecule has 1 unspecified atom stereocenters. The molecular formula is C20H25N3O4. The standard InChI is InChI=1S/C20H25N3O4/c1-4-14(2)23-20(25)18-13-15(9-10-21-18)19(24)22-11-12-27-17-7-5-16(26-3)6-8-17/h5-10,13-14H,4,11-12H2,1-3H3,(H,22,24)(H,23,25). The molecule has 7 heteroatoms. The number of carbonyl (C=O) groups is 2. The minimum atomic E-state index is -0.290. The fraction of sp³-hybridized carbons (Fsp3) is 0.350. The molecule has 0 saturated heterocycles. The minimum absolute atomic E-state index is 0.0480. The Balaban J connectivity index is 1.83. The number of benzene rings is 1. The molecule has 0 spiro atoms. The van der Waals surface area contributed by atoms with E-state index in [9.17, 15) is 9.59 Å². The molecule has 0 saturated carbocycles. The summed E-state index contributed by atoms with van der Waals surface area (Å²) in [5.74, 6) is 0.870. The first-order valence-corrected chi connectivity index (χ1v) is 8.85. The molecule has 0 aliphatic carbocycles. The zero-order valence-corrected chi connectivity index (χ0v) is 15.8. The van der Waals surface area contributed by atoms with Crippen LogP contribution in [0.25, 0.3) is 0 Å². The molecule has 0 fully saturated rings. The van der Waals surface area contributed by atoms with Gasteiger partial charge in [-0.2, -0.15) is 0 Å². The number of ether oxygens (including phenoxy) is 2. The van der Waals surface area contributed by atoms with E-state index in [1.54, 1.807) is 37.4 Å². The van der Waals surface area contributed by atoms with Crippen molar-refractivity contribution >= 4 is 11.8 Å². The van der Waals surface area contributed by atoms with Gasteiger partial charge >= 0.3 is 0 Å². The lowest BCUT2D eigenvalue weighted by atomic mass is 10.2. The van der Waals surface area contributed by atoms with Gasteiger partial charge in [-0.3, -0.25) is 14.6 Å². The van der Waals surface area contributed by atoms with Gasteiger partial charge < -0.3 is 20.1 Å². The first-order valence-electron chi connectivity index (χ1n) is 8.85. The van der Waals surface area contributed by atoms with Crippen molar-refractivity contribution in [3.05, 3.63) is 53.9 Å². The maximum Gasteiger partial charge on any atom is 0.270 e. The van der Waals surface area contributed by atoms with Gasteiger partial charge in [0.15, 0.2) is 0 Å². The maximum atomic E-state index is 12.3. The monoisotopic (exact) mass is 371 g/mol. The van der Waals surface area contributed by atoms with E-state index in [4.69, 9.17) is 9.47 Å². The van der Waals surface area contributed by atoms with Gasteiger partial charge in [0.25, 0.3) is 11.8 Å². The van der Waals surface area contributed by atoms with Crippen LogP contribution >= 0.6 is 0 Å². The van der Waals surface area contributed by atoms with Crippen LogP contribution in [0.1, 0.15) is 41.1 Å². The van der Waals surface area contributed by atoms with Crippen LogP contribution in [0, 0.1) is 0 Å². The van der Waals surface area contributed by atoms with Crippen LogP contribution in [-0.4, -0.2) is 43.1 Å². The molecule has 0 radical (unpaired) electrons. The number of methoxy groups -OCH3 is 1. The molecule has 1 atom stereocenters. The molecule has 27 heavy (non-hydrogen) atoms. The molecule has 144 valence electrons. The Morgan fingerprint density at radius 2 is 1.81 bits per heavy atom. The Labute approximate surface area is 159 Å². The van der Waals surface area contributed by atoms with Crippen molar-refractivity contribution in [3.63, 3.8) is 0 Å². The Morgan fingerprint density at radius 3 is 2.48 bits per heavy atom. The lowest BCUT2D eigenvalue weighted by molar-refractivity contribution is 0.0934. The summed E-state index contributed by atoms with van der Waals surface area (Å²) in [6, 6.07) is 10.3. The highest BCUT2D eigenvalue weighted by Gasteiger charge is 2.13. The Morgan fingerprint density at radius 1 is 1.11 bits per heavy atom. The fourth-order valence-electron chi connectivity index (χ4n) is 2.20. The van der Waals surface area contributed by atoms with E-state index in [0.29, 0.717) is 24.5 Å². The number of pyridine rings is 1. The maximum absolute atomic E-state index is 12.3. The van der Waals surface area contributed by atoms with Gasteiger partial charge in [-0.05, 0) is 49.7 Å². The number of rotatable bonds is 9. The highest BCUT2D eigenvalue weighted by Crippen LogP contribution is 2.16. The number of hydrogen-bond donors (Lipinski definition) is 2. The molecule has 1 aromatic carbocycles. The second kappa shape index (κ2) is 10.2. The number of amides is 2. The quantitative estimate of drug-likeness (QED) is 0.661. The molecule has 0 bridgehead atoms. The van der Waals surface area contributed by atoms with Crippen LogP contribution in [-0.2, 0) is 0 Å². The predicted molar refractivity (Wildman–Crippen MR) is 102 cm³/mol. The summed E-state index contributed by atoms with van der Waals surface area (Å²) in [7, 11) is 1.60. The third-order valence-corrected chi connectivity index (χ3v) is 3.96. The first-order chi connectivity index (χ1) is 13.0. The predicted octanol–water partition coefficient (Wildman–Crippen LogP) is 2.43. The molecule has 2 amide bonds. The van der Waals surface area contributed by atoms with Gasteiger partial charge in [-0.15, -0.1) is 0 Å². The van der Waals surface area contributed by atoms with E-state index in [-0.39, 0.29) is 23.6 Å². The minimum Gasteiger partial charge on any atom is -0.497 e. The van der Waals surface area contributed by atoms with Gasteiger partial charge in [0.1, 0.15) is 23.8 Å². The van der Waals surface area contributed by atoms with E-state index in [2.05, 4.69) is 15.6 Å². The average molecular weight is 371 g/mol. The number of aromatic nitrogens is 1. The molecular weight excluding hydrogens is 346 g/mol. The van der Waals surface area contributed by atoms with Gasteiger partial charge in [0.2, 0.25) is 0 Å². The molecule has 7 nitrogen and oxygen atoms in total. The largest absolute Gasteiger partial charge is 0.497 e. The van der Waals surface area contributed by atoms with Crippen molar-refractivity contribution < 1.29 is 19.1 Å². The van der Waals surface area contributed by atoms with Crippen molar-refractivity contribution in [2.24, 2.45) is 0 Å². The van der Waals surface area contributed by atoms with E-state index in [1.807, 2.05) is 13.8 Å². The molecule has 2 N–H and O–H groups in total. The number of nitrogens with zero attached hydrogens (tertiary/aromatic N) is 1. The van der Waals surface area contributed by atoms with Crippen molar-refractivity contribution in [1.29, 1.82) is 0 Å². The summed E-state index contributed by atoms with van der Waals surface area (Å²) in [5.41, 5.74) is 0.598. The van der Waals surface area contributed by atoms with Gasteiger partial charge in [0.05, 0.1) is 13.7 Å². The Kier molecular flexibility index (Phi) is 7.61. The van der Waals surface area contributed by atoms with Crippen LogP contribution in [0.3, 0.4) is 0 Å². The van der Waals surface area contributed by atoms with Crippen LogP contribution in [0.2, 0.25) is 0 Å². The van der Waals surface area contributed by atoms with Crippen LogP contribution in [0.15, 0.2) is 42.6 Å². The second-order valence-corrected chi connectivity index (χ2v) is 5.99. The summed E-state index contributed by atoms with van der Waals surface area (Å²) in [5, 5.41) is 5.59. The average Bonchev–Trinajstić information content (AvgIpc) is 2.71. The molecule has 2 rings (SSSR count). The van der Waals surface area contributed by atoms with Gasteiger partial charge in [-0.25, -0.2) is 0 Å². The number of nitrogens with one attached hydrogen (secondary N) is 2. The number of hydrogen-bond acceptors (Lipinski definition) is 5. The normalized spacial score (nSPS) is 11.4. The molecule has 1 heterocycles. The zero-order chi connectivity index (χ0) is 19.6. The smallest absolute Gasteiger partial charge is 0.270 e. The van der Waals surface area contributed by atoms with Gasteiger partial charge in [0, 0.05) is 17.8 Å². The van der Waals surface area contributed by atoms with Crippen molar-refractivity contribution in [2.75, 3.05) is 20.3 Å². The second-order valence-electron chi connectivity index (χ2n) is 5.99. The SMILES string of the molecule is CCC(C)NC(=O)c1cc(C(=O)NCCOc2ccc(OC)cc2)ccn1. The third-order valence-electron chi connectivity index (χ3n) is 3.96. The van der Waals surface area contributed by atoms with Crippen LogP contribution in [0.4, 0.5) is 0 Å².